The van der Waals surface area contributed by atoms with Crippen LogP contribution >= 0.6 is 27.5 Å². The molecule has 6 nitrogen and oxygen atoms in total. The van der Waals surface area contributed by atoms with E-state index in [1.165, 1.54) is 6.20 Å². The molecule has 1 amide bonds. The first-order valence-electron chi connectivity index (χ1n) is 9.70. The van der Waals surface area contributed by atoms with Crippen LogP contribution in [-0.2, 0) is 15.9 Å². The molecule has 3 N–H and O–H groups in total. The van der Waals surface area contributed by atoms with Crippen molar-refractivity contribution in [3.05, 3.63) is 93.2 Å². The molecule has 158 valence electrons. The summed E-state index contributed by atoms with van der Waals surface area (Å²) >= 11 is 9.64. The molecule has 0 radical (unpaired) electrons. The number of halogens is 2. The fraction of sp³-hybridized carbons (Fsp3) is 0.217. The summed E-state index contributed by atoms with van der Waals surface area (Å²) in [5, 5.41) is 12.7. The highest BCUT2D eigenvalue weighted by Gasteiger charge is 2.75. The largest absolute Gasteiger partial charge is 0.476 e. The summed E-state index contributed by atoms with van der Waals surface area (Å²) in [6.07, 6.45) is -0.215. The van der Waals surface area contributed by atoms with E-state index in [2.05, 4.69) is 20.9 Å². The lowest BCUT2D eigenvalue weighted by Gasteiger charge is -2.40. The van der Waals surface area contributed by atoms with Crippen molar-refractivity contribution in [2.45, 2.75) is 29.6 Å². The highest BCUT2D eigenvalue weighted by atomic mass is 79.9. The summed E-state index contributed by atoms with van der Waals surface area (Å²) in [7, 11) is 0. The van der Waals surface area contributed by atoms with Gasteiger partial charge in [-0.2, -0.15) is 0 Å². The monoisotopic (exact) mass is 500 g/mol. The van der Waals surface area contributed by atoms with Gasteiger partial charge in [0.25, 0.3) is 0 Å². The number of pyridine rings is 1. The van der Waals surface area contributed by atoms with Crippen LogP contribution in [0.25, 0.3) is 0 Å². The van der Waals surface area contributed by atoms with Gasteiger partial charge in [0.2, 0.25) is 0 Å². The van der Waals surface area contributed by atoms with E-state index in [0.717, 1.165) is 15.6 Å². The van der Waals surface area contributed by atoms with E-state index in [0.29, 0.717) is 17.2 Å². The van der Waals surface area contributed by atoms with Crippen LogP contribution in [0.1, 0.15) is 29.2 Å². The fourth-order valence-electron chi connectivity index (χ4n) is 5.00. The zero-order valence-corrected chi connectivity index (χ0v) is 18.5. The molecule has 1 aromatic heterocycles. The van der Waals surface area contributed by atoms with Crippen LogP contribution in [-0.4, -0.2) is 22.3 Å². The fourth-order valence-corrected chi connectivity index (χ4v) is 5.41. The Hall–Kier alpha value is -2.61. The van der Waals surface area contributed by atoms with Gasteiger partial charge in [0.1, 0.15) is 17.5 Å². The van der Waals surface area contributed by atoms with E-state index >= 15 is 0 Å². The van der Waals surface area contributed by atoms with Crippen molar-refractivity contribution in [3.8, 4) is 5.75 Å². The lowest BCUT2D eigenvalue weighted by atomic mass is 9.72. The summed E-state index contributed by atoms with van der Waals surface area (Å²) in [6.45, 7) is 0. The van der Waals surface area contributed by atoms with Gasteiger partial charge in [-0.3, -0.25) is 4.98 Å². The number of benzene rings is 2. The Morgan fingerprint density at radius 1 is 1.23 bits per heavy atom. The second kappa shape index (κ2) is 7.22. The summed E-state index contributed by atoms with van der Waals surface area (Å²) in [5.74, 6) is -0.0196. The van der Waals surface area contributed by atoms with Gasteiger partial charge in [-0.15, -0.1) is 0 Å². The number of fused-ring (bicyclic) bond motifs is 3. The summed E-state index contributed by atoms with van der Waals surface area (Å²) in [4.78, 5) is 16.2. The van der Waals surface area contributed by atoms with Gasteiger partial charge in [0.05, 0.1) is 5.02 Å². The van der Waals surface area contributed by atoms with E-state index in [9.17, 15) is 9.90 Å². The van der Waals surface area contributed by atoms with Crippen LogP contribution in [0.5, 0.6) is 5.75 Å². The molecule has 1 fully saturated rings. The number of hydrogen-bond acceptors (Lipinski definition) is 5. The minimum absolute atomic E-state index is 0.268. The summed E-state index contributed by atoms with van der Waals surface area (Å²) in [6, 6.07) is 18.8. The standard InChI is InChI=1S/C23H18BrClN2O4/c24-15-8-6-14(7-9-15)23-17(13-4-2-1-3-5-13)11-19(30-21(26)28)22(23,29)20-18(31-23)10-16(25)12-27-20/h1-10,12,17,19,29H,11H2,(H2,26,28)/t17-,19+,22+,23-/m0/s1. The Kier molecular flexibility index (Phi) is 4.73. The first-order chi connectivity index (χ1) is 14.9. The number of carbonyl (C=O) groups excluding carboxylic acids is 1. The average molecular weight is 502 g/mol. The predicted octanol–water partition coefficient (Wildman–Crippen LogP) is 4.62. The third kappa shape index (κ3) is 2.87. The van der Waals surface area contributed by atoms with E-state index in [1.54, 1.807) is 6.07 Å². The van der Waals surface area contributed by atoms with Gasteiger partial charge in [-0.1, -0.05) is 70.0 Å². The third-order valence-electron chi connectivity index (χ3n) is 6.16. The quantitative estimate of drug-likeness (QED) is 0.546. The van der Waals surface area contributed by atoms with Crippen LogP contribution in [0.3, 0.4) is 0 Å². The molecule has 5 rings (SSSR count). The molecule has 1 aliphatic carbocycles. The SMILES string of the molecule is NC(=O)O[C@@H]1C[C@@H](c2ccccc2)[C@]2(c3ccc(Br)cc3)Oc3cc(Cl)cnc3[C@]12O. The zero-order chi connectivity index (χ0) is 21.8. The third-order valence-corrected chi connectivity index (χ3v) is 6.89. The Bertz CT molecular complexity index is 1160. The van der Waals surface area contributed by atoms with Crippen LogP contribution in [0.4, 0.5) is 4.79 Å². The maximum Gasteiger partial charge on any atom is 0.404 e. The average Bonchev–Trinajstić information content (AvgIpc) is 3.14. The molecule has 1 aliphatic heterocycles. The highest BCUT2D eigenvalue weighted by Crippen LogP contribution is 2.66. The van der Waals surface area contributed by atoms with Gasteiger partial charge in [-0.25, -0.2) is 4.79 Å². The normalized spacial score (nSPS) is 28.5. The molecule has 1 saturated carbocycles. The van der Waals surface area contributed by atoms with Crippen molar-refractivity contribution < 1.29 is 19.4 Å². The Labute approximate surface area is 192 Å². The van der Waals surface area contributed by atoms with Gasteiger partial charge >= 0.3 is 6.09 Å². The second-order valence-corrected chi connectivity index (χ2v) is 9.09. The minimum atomic E-state index is -1.78. The highest BCUT2D eigenvalue weighted by molar-refractivity contribution is 9.10. The number of rotatable bonds is 3. The zero-order valence-electron chi connectivity index (χ0n) is 16.2. The molecule has 0 saturated heterocycles. The molecule has 3 aromatic rings. The van der Waals surface area contributed by atoms with Crippen molar-refractivity contribution >= 4 is 33.6 Å². The molecule has 0 spiro atoms. The maximum absolute atomic E-state index is 12.3. The van der Waals surface area contributed by atoms with E-state index < -0.39 is 23.4 Å². The number of carbonyl (C=O) groups is 1. The summed E-state index contributed by atoms with van der Waals surface area (Å²) < 4.78 is 12.9. The number of nitrogens with zero attached hydrogens (tertiary/aromatic N) is 1. The Balaban J connectivity index is 1.81. The van der Waals surface area contributed by atoms with Crippen molar-refractivity contribution in [1.29, 1.82) is 0 Å². The number of hydrogen-bond donors (Lipinski definition) is 2. The first-order valence-corrected chi connectivity index (χ1v) is 10.9. The second-order valence-electron chi connectivity index (χ2n) is 7.74. The molecule has 0 bridgehead atoms. The van der Waals surface area contributed by atoms with E-state index in [1.807, 2.05) is 54.6 Å². The number of primary amides is 1. The topological polar surface area (TPSA) is 94.7 Å². The molecular weight excluding hydrogens is 484 g/mol. The van der Waals surface area contributed by atoms with Crippen molar-refractivity contribution in [2.75, 3.05) is 0 Å². The molecule has 2 aromatic carbocycles. The van der Waals surface area contributed by atoms with E-state index in [-0.39, 0.29) is 11.6 Å². The Morgan fingerprint density at radius 3 is 2.61 bits per heavy atom. The predicted molar refractivity (Wildman–Crippen MR) is 118 cm³/mol. The minimum Gasteiger partial charge on any atom is -0.476 e. The summed E-state index contributed by atoms with van der Waals surface area (Å²) in [5.41, 5.74) is 4.21. The van der Waals surface area contributed by atoms with Crippen LogP contribution < -0.4 is 10.5 Å². The molecule has 0 unspecified atom stereocenters. The molecule has 4 atom stereocenters. The van der Waals surface area contributed by atoms with Gasteiger partial charge in [-0.05, 0) is 29.7 Å². The lowest BCUT2D eigenvalue weighted by Crippen LogP contribution is -2.53. The van der Waals surface area contributed by atoms with Gasteiger partial charge in [0.15, 0.2) is 11.2 Å². The Morgan fingerprint density at radius 2 is 1.94 bits per heavy atom. The van der Waals surface area contributed by atoms with Crippen molar-refractivity contribution in [1.82, 2.24) is 4.98 Å². The first kappa shape index (κ1) is 20.3. The number of aliphatic hydroxyl groups is 1. The van der Waals surface area contributed by atoms with Crippen LogP contribution in [0, 0.1) is 0 Å². The molecular formula is C23H18BrClN2O4. The number of nitrogens with two attached hydrogens (primary N) is 1. The maximum atomic E-state index is 12.3. The molecule has 8 heteroatoms. The smallest absolute Gasteiger partial charge is 0.404 e. The van der Waals surface area contributed by atoms with E-state index in [4.69, 9.17) is 26.8 Å². The number of aromatic nitrogens is 1. The lowest BCUT2D eigenvalue weighted by molar-refractivity contribution is -0.151. The molecule has 2 aliphatic rings. The molecule has 2 heterocycles. The number of ether oxygens (including phenoxy) is 2. The molecule has 31 heavy (non-hydrogen) atoms. The number of amides is 1. The van der Waals surface area contributed by atoms with Crippen LogP contribution in [0.2, 0.25) is 5.02 Å². The van der Waals surface area contributed by atoms with Gasteiger partial charge < -0.3 is 20.3 Å². The van der Waals surface area contributed by atoms with Crippen molar-refractivity contribution in [3.63, 3.8) is 0 Å². The van der Waals surface area contributed by atoms with Crippen LogP contribution in [0.15, 0.2) is 71.3 Å². The van der Waals surface area contributed by atoms with Gasteiger partial charge in [0, 0.05) is 22.7 Å². The van der Waals surface area contributed by atoms with Crippen molar-refractivity contribution in [2.24, 2.45) is 5.73 Å².